The van der Waals surface area contributed by atoms with E-state index in [2.05, 4.69) is 21.0 Å². The number of carbonyl (C=O) groups is 3. The van der Waals surface area contributed by atoms with Crippen LogP contribution in [0.3, 0.4) is 0 Å². The Kier molecular flexibility index (Phi) is 9.22. The summed E-state index contributed by atoms with van der Waals surface area (Å²) in [6.07, 6.45) is 6.11. The van der Waals surface area contributed by atoms with Gasteiger partial charge in [0, 0.05) is 41.8 Å². The summed E-state index contributed by atoms with van der Waals surface area (Å²) < 4.78 is 0.729. The Bertz CT molecular complexity index is 1710. The molecular formula is C36H37BrN4O5. The maximum Gasteiger partial charge on any atom is 0.264 e. The number of fused-ring (bicyclic) bond motifs is 1. The average molecular weight is 686 g/mol. The Morgan fingerprint density at radius 3 is 2.67 bits per heavy atom. The van der Waals surface area contributed by atoms with Gasteiger partial charge in [-0.1, -0.05) is 77.5 Å². The number of hydrogen-bond acceptors (Lipinski definition) is 6. The Balaban J connectivity index is 1.23. The van der Waals surface area contributed by atoms with E-state index in [0.29, 0.717) is 36.3 Å². The fourth-order valence-corrected chi connectivity index (χ4v) is 6.98. The molecule has 3 aliphatic heterocycles. The first kappa shape index (κ1) is 31.8. The first-order chi connectivity index (χ1) is 22.2. The average Bonchev–Trinajstić information content (AvgIpc) is 3.63. The summed E-state index contributed by atoms with van der Waals surface area (Å²) in [4.78, 5) is 43.1. The van der Waals surface area contributed by atoms with Gasteiger partial charge in [-0.2, -0.15) is 5.10 Å². The van der Waals surface area contributed by atoms with Gasteiger partial charge in [-0.15, -0.1) is 0 Å². The number of hydrogen-bond donors (Lipinski definition) is 2. The summed E-state index contributed by atoms with van der Waals surface area (Å²) in [5, 5.41) is 27.8. The van der Waals surface area contributed by atoms with Gasteiger partial charge >= 0.3 is 0 Å². The molecule has 3 aliphatic rings. The van der Waals surface area contributed by atoms with Crippen LogP contribution in [0.15, 0.2) is 94.5 Å². The van der Waals surface area contributed by atoms with Gasteiger partial charge in [0.25, 0.3) is 5.91 Å². The lowest BCUT2D eigenvalue weighted by atomic mass is 9.83. The minimum Gasteiger partial charge on any atom is -0.394 e. The minimum absolute atomic E-state index is 0.0548. The van der Waals surface area contributed by atoms with Crippen molar-refractivity contribution in [3.05, 3.63) is 106 Å². The summed E-state index contributed by atoms with van der Waals surface area (Å²) in [5.74, 6) is -1.29. The fraction of sp³-hybridized carbons (Fsp3) is 0.333. The highest BCUT2D eigenvalue weighted by Gasteiger charge is 2.52. The number of aliphatic hydroxyl groups excluding tert-OH is 1. The first-order valence-electron chi connectivity index (χ1n) is 15.7. The summed E-state index contributed by atoms with van der Waals surface area (Å²) in [6.45, 7) is 2.51. The minimum atomic E-state index is -1.85. The van der Waals surface area contributed by atoms with Gasteiger partial charge in [0.1, 0.15) is 0 Å². The summed E-state index contributed by atoms with van der Waals surface area (Å²) in [7, 11) is 0. The van der Waals surface area contributed by atoms with Crippen LogP contribution in [0.2, 0.25) is 0 Å². The molecule has 0 aliphatic carbocycles. The molecule has 2 N–H and O–H groups in total. The van der Waals surface area contributed by atoms with E-state index in [4.69, 9.17) is 0 Å². The molecule has 0 bridgehead atoms. The molecule has 1 fully saturated rings. The number of likely N-dealkylation sites (tertiary alicyclic amines) is 1. The molecule has 10 heteroatoms. The van der Waals surface area contributed by atoms with E-state index in [1.165, 1.54) is 5.01 Å². The second-order valence-electron chi connectivity index (χ2n) is 12.1. The van der Waals surface area contributed by atoms with E-state index >= 15 is 0 Å². The molecule has 3 aromatic rings. The van der Waals surface area contributed by atoms with Gasteiger partial charge in [-0.3, -0.25) is 14.4 Å². The van der Waals surface area contributed by atoms with Gasteiger partial charge in [-0.05, 0) is 54.3 Å². The van der Waals surface area contributed by atoms with Crippen LogP contribution in [0, 0.1) is 5.92 Å². The fourth-order valence-electron chi connectivity index (χ4n) is 6.62. The van der Waals surface area contributed by atoms with E-state index < -0.39 is 17.4 Å². The molecule has 0 unspecified atom stereocenters. The van der Waals surface area contributed by atoms with Crippen LogP contribution >= 0.6 is 15.9 Å². The monoisotopic (exact) mass is 684 g/mol. The summed E-state index contributed by atoms with van der Waals surface area (Å²) >= 11 is 3.50. The third-order valence-electron chi connectivity index (χ3n) is 9.15. The van der Waals surface area contributed by atoms with Crippen molar-refractivity contribution in [2.75, 3.05) is 23.1 Å². The van der Waals surface area contributed by atoms with E-state index in [1.807, 2.05) is 66.7 Å². The Morgan fingerprint density at radius 1 is 1.09 bits per heavy atom. The van der Waals surface area contributed by atoms with Gasteiger partial charge in [0.2, 0.25) is 11.8 Å². The maximum absolute atomic E-state index is 14.1. The van der Waals surface area contributed by atoms with Crippen LogP contribution in [0.1, 0.15) is 55.7 Å². The lowest BCUT2D eigenvalue weighted by molar-refractivity contribution is -0.139. The Morgan fingerprint density at radius 2 is 1.89 bits per heavy atom. The van der Waals surface area contributed by atoms with E-state index in [9.17, 15) is 24.6 Å². The molecule has 0 saturated carbocycles. The topological polar surface area (TPSA) is 114 Å². The van der Waals surface area contributed by atoms with E-state index in [0.717, 1.165) is 34.2 Å². The van der Waals surface area contributed by atoms with E-state index in [-0.39, 0.29) is 37.4 Å². The molecule has 1 saturated heterocycles. The van der Waals surface area contributed by atoms with Crippen LogP contribution in [0.25, 0.3) is 0 Å². The van der Waals surface area contributed by atoms with Gasteiger partial charge in [-0.25, -0.2) is 5.01 Å². The van der Waals surface area contributed by atoms with Crippen LogP contribution in [-0.2, 0) is 26.5 Å². The molecule has 0 aromatic heterocycles. The largest absolute Gasteiger partial charge is 0.394 e. The molecule has 3 heterocycles. The highest BCUT2D eigenvalue weighted by Crippen LogP contribution is 2.47. The molecule has 238 valence electrons. The second kappa shape index (κ2) is 13.3. The number of aliphatic hydroxyl groups is 2. The van der Waals surface area contributed by atoms with Crippen molar-refractivity contribution >= 4 is 50.7 Å². The number of amides is 3. The van der Waals surface area contributed by atoms with Crippen LogP contribution < -0.4 is 9.91 Å². The number of benzene rings is 3. The zero-order valence-electron chi connectivity index (χ0n) is 25.7. The van der Waals surface area contributed by atoms with Gasteiger partial charge in [0.15, 0.2) is 5.60 Å². The van der Waals surface area contributed by atoms with E-state index in [1.54, 1.807) is 34.9 Å². The van der Waals surface area contributed by atoms with Crippen molar-refractivity contribution in [3.63, 3.8) is 0 Å². The molecule has 0 radical (unpaired) electrons. The van der Waals surface area contributed by atoms with Gasteiger partial charge < -0.3 is 20.0 Å². The van der Waals surface area contributed by atoms with Gasteiger partial charge in [0.05, 0.1) is 36.3 Å². The van der Waals surface area contributed by atoms with Crippen LogP contribution in [0.5, 0.6) is 0 Å². The number of hydrazone groups is 1. The Labute approximate surface area is 276 Å². The van der Waals surface area contributed by atoms with Crippen molar-refractivity contribution < 1.29 is 24.6 Å². The van der Waals surface area contributed by atoms with Crippen molar-refractivity contribution in [3.8, 4) is 0 Å². The molecule has 0 spiro atoms. The quantitative estimate of drug-likeness (QED) is 0.298. The molecule has 46 heavy (non-hydrogen) atoms. The second-order valence-corrected chi connectivity index (χ2v) is 13.0. The van der Waals surface area contributed by atoms with Crippen LogP contribution in [-0.4, -0.2) is 57.7 Å². The smallest absolute Gasteiger partial charge is 0.264 e. The molecule has 6 rings (SSSR count). The predicted octanol–water partition coefficient (Wildman–Crippen LogP) is 5.28. The highest BCUT2D eigenvalue weighted by atomic mass is 79.9. The molecular weight excluding hydrogens is 648 g/mol. The van der Waals surface area contributed by atoms with Crippen molar-refractivity contribution in [2.45, 2.75) is 57.2 Å². The number of nitrogens with zero attached hydrogens (tertiary/aromatic N) is 4. The Hall–Kier alpha value is -4.12. The van der Waals surface area contributed by atoms with Crippen molar-refractivity contribution in [1.82, 2.24) is 4.90 Å². The predicted molar refractivity (Wildman–Crippen MR) is 180 cm³/mol. The first-order valence-corrected chi connectivity index (χ1v) is 16.5. The molecule has 3 atom stereocenters. The third-order valence-corrected chi connectivity index (χ3v) is 9.64. The summed E-state index contributed by atoms with van der Waals surface area (Å²) in [5.41, 5.74) is 2.41. The zero-order chi connectivity index (χ0) is 32.4. The lowest BCUT2D eigenvalue weighted by Gasteiger charge is -2.28. The number of anilines is 2. The number of halogens is 1. The zero-order valence-corrected chi connectivity index (χ0v) is 27.3. The molecule has 3 amide bonds. The SMILES string of the molecule is C[C@@H](/C=C/CC(=O)N1CCC[C@H]1CO)[C@]1(O)C(=O)N(Cc2cccc(N3N=C(c4ccccc4)CCC3=O)c2)c2ccc(Br)cc21. The van der Waals surface area contributed by atoms with Crippen molar-refractivity contribution in [1.29, 1.82) is 0 Å². The molecule has 3 aromatic carbocycles. The third kappa shape index (κ3) is 6.04. The lowest BCUT2D eigenvalue weighted by Crippen LogP contribution is -2.44. The number of carbonyl (C=O) groups excluding carboxylic acids is 3. The highest BCUT2D eigenvalue weighted by molar-refractivity contribution is 9.10. The summed E-state index contributed by atoms with van der Waals surface area (Å²) in [6, 6.07) is 22.5. The standard InChI is InChI=1S/C36H37BrN4O5/c1-24(8-5-14-33(43)39-19-7-13-29(39)23-42)36(46)30-21-27(37)15-17-32(30)40(35(36)45)22-25-9-6-12-28(20-25)41-34(44)18-16-31(38-41)26-10-3-2-4-11-26/h2-6,8-12,15,17,20-21,24,29,42,46H,7,13-14,16,18-19,22-23H2,1H3/b8-5+/t24-,29-,36+/m0/s1. The number of rotatable bonds is 9. The molecule has 9 nitrogen and oxygen atoms in total. The normalized spacial score (nSPS) is 22.0. The van der Waals surface area contributed by atoms with Crippen molar-refractivity contribution in [2.24, 2.45) is 11.0 Å². The van der Waals surface area contributed by atoms with Crippen LogP contribution in [0.4, 0.5) is 11.4 Å². The maximum atomic E-state index is 14.1.